The van der Waals surface area contributed by atoms with Crippen molar-refractivity contribution < 1.29 is 9.31 Å². The molecule has 1 aliphatic carbocycles. The summed E-state index contributed by atoms with van der Waals surface area (Å²) in [7, 11) is 1.79. The fraction of sp³-hybridized carbons (Fsp3) is 0.583. The summed E-state index contributed by atoms with van der Waals surface area (Å²) >= 11 is 0. The van der Waals surface area contributed by atoms with Crippen molar-refractivity contribution in [2.45, 2.75) is 38.1 Å². The van der Waals surface area contributed by atoms with Crippen LogP contribution in [0.2, 0.25) is 0 Å². The van der Waals surface area contributed by atoms with E-state index in [1.165, 1.54) is 6.42 Å². The van der Waals surface area contributed by atoms with Crippen LogP contribution in [0, 0.1) is 15.9 Å². The van der Waals surface area contributed by atoms with Crippen molar-refractivity contribution in [1.29, 1.82) is 0 Å². The molecule has 2 rings (SSSR count). The Morgan fingerprint density at radius 1 is 1.44 bits per heavy atom. The van der Waals surface area contributed by atoms with Gasteiger partial charge in [-0.05, 0) is 12.8 Å². The van der Waals surface area contributed by atoms with E-state index >= 15 is 0 Å². The van der Waals surface area contributed by atoms with Crippen LogP contribution >= 0.6 is 0 Å². The Bertz CT molecular complexity index is 447. The summed E-state index contributed by atoms with van der Waals surface area (Å²) in [6, 6.07) is 1.19. The van der Waals surface area contributed by atoms with Crippen LogP contribution in [0.3, 0.4) is 0 Å². The maximum absolute atomic E-state index is 13.0. The topological polar surface area (TPSA) is 59.3 Å². The molecule has 0 atom stereocenters. The molecule has 0 aliphatic heterocycles. The van der Waals surface area contributed by atoms with Crippen molar-refractivity contribution in [1.82, 2.24) is 4.98 Å². The van der Waals surface area contributed by atoms with Gasteiger partial charge in [-0.3, -0.25) is 10.1 Å². The third kappa shape index (κ3) is 2.57. The molecule has 0 radical (unpaired) electrons. The first-order valence-electron chi connectivity index (χ1n) is 6.12. The lowest BCUT2D eigenvalue weighted by Gasteiger charge is -2.31. The van der Waals surface area contributed by atoms with E-state index in [2.05, 4.69) is 4.98 Å². The fourth-order valence-corrected chi connectivity index (χ4v) is 2.47. The molecule has 0 N–H and O–H groups in total. The van der Waals surface area contributed by atoms with Crippen molar-refractivity contribution >= 4 is 11.5 Å². The normalized spacial score (nSPS) is 16.6. The third-order valence-corrected chi connectivity index (χ3v) is 3.47. The van der Waals surface area contributed by atoms with Gasteiger partial charge in [-0.2, -0.15) is 0 Å². The minimum absolute atomic E-state index is 0.258. The lowest BCUT2D eigenvalue weighted by atomic mass is 9.94. The van der Waals surface area contributed by atoms with Crippen LogP contribution < -0.4 is 4.90 Å². The van der Waals surface area contributed by atoms with Gasteiger partial charge in [0.25, 0.3) is 0 Å². The van der Waals surface area contributed by atoms with Gasteiger partial charge < -0.3 is 4.90 Å². The molecule has 0 bridgehead atoms. The zero-order valence-electron chi connectivity index (χ0n) is 10.3. The second kappa shape index (κ2) is 5.29. The predicted octanol–water partition coefficient (Wildman–Crippen LogP) is 2.90. The van der Waals surface area contributed by atoms with E-state index in [0.29, 0.717) is 0 Å². The van der Waals surface area contributed by atoms with Crippen molar-refractivity contribution in [2.75, 3.05) is 11.9 Å². The van der Waals surface area contributed by atoms with Gasteiger partial charge in [-0.25, -0.2) is 9.37 Å². The Morgan fingerprint density at radius 3 is 2.72 bits per heavy atom. The zero-order valence-corrected chi connectivity index (χ0v) is 10.3. The summed E-state index contributed by atoms with van der Waals surface area (Å²) in [5, 5.41) is 10.9. The van der Waals surface area contributed by atoms with Crippen LogP contribution in [-0.4, -0.2) is 23.0 Å². The number of aromatic nitrogens is 1. The average Bonchev–Trinajstić information content (AvgIpc) is 2.39. The molecular weight excluding hydrogens is 237 g/mol. The number of hydrogen-bond acceptors (Lipinski definition) is 4. The molecule has 1 aromatic heterocycles. The van der Waals surface area contributed by atoms with Crippen LogP contribution in [-0.2, 0) is 0 Å². The van der Waals surface area contributed by atoms with E-state index in [4.69, 9.17) is 0 Å². The Labute approximate surface area is 105 Å². The first-order chi connectivity index (χ1) is 8.59. The van der Waals surface area contributed by atoms with Gasteiger partial charge in [-0.1, -0.05) is 19.3 Å². The largest absolute Gasteiger partial charge is 0.351 e. The first-order valence-corrected chi connectivity index (χ1v) is 6.12. The number of rotatable bonds is 3. The van der Waals surface area contributed by atoms with Gasteiger partial charge in [-0.15, -0.1) is 0 Å². The summed E-state index contributed by atoms with van der Waals surface area (Å²) in [4.78, 5) is 16.1. The molecule has 98 valence electrons. The van der Waals surface area contributed by atoms with Crippen molar-refractivity contribution in [3.63, 3.8) is 0 Å². The summed E-state index contributed by atoms with van der Waals surface area (Å²) in [6.45, 7) is 0. The van der Waals surface area contributed by atoms with Gasteiger partial charge in [0.05, 0.1) is 17.2 Å². The minimum Gasteiger partial charge on any atom is -0.351 e. The lowest BCUT2D eigenvalue weighted by Crippen LogP contribution is -2.34. The maximum atomic E-state index is 13.0. The fourth-order valence-electron chi connectivity index (χ4n) is 2.47. The zero-order chi connectivity index (χ0) is 13.1. The van der Waals surface area contributed by atoms with Crippen molar-refractivity contribution in [2.24, 2.45) is 0 Å². The monoisotopic (exact) mass is 253 g/mol. The van der Waals surface area contributed by atoms with Gasteiger partial charge in [0.1, 0.15) is 5.82 Å². The Morgan fingerprint density at radius 2 is 2.11 bits per heavy atom. The summed E-state index contributed by atoms with van der Waals surface area (Å²) in [6.07, 6.45) is 6.51. The van der Waals surface area contributed by atoms with Crippen LogP contribution in [0.4, 0.5) is 15.9 Å². The average molecular weight is 253 g/mol. The number of anilines is 1. The molecule has 1 fully saturated rings. The quantitative estimate of drug-likeness (QED) is 0.614. The smallest absolute Gasteiger partial charge is 0.314 e. The van der Waals surface area contributed by atoms with Crippen LogP contribution in [0.25, 0.3) is 0 Å². The predicted molar refractivity (Wildman–Crippen MR) is 66.1 cm³/mol. The van der Waals surface area contributed by atoms with E-state index in [0.717, 1.165) is 37.9 Å². The molecule has 5 nitrogen and oxygen atoms in total. The Hall–Kier alpha value is -1.72. The summed E-state index contributed by atoms with van der Waals surface area (Å²) in [5.74, 6) is -0.421. The molecule has 1 aromatic rings. The number of nitrogens with zero attached hydrogens (tertiary/aromatic N) is 3. The van der Waals surface area contributed by atoms with E-state index in [9.17, 15) is 14.5 Å². The van der Waals surface area contributed by atoms with Crippen molar-refractivity contribution in [3.05, 3.63) is 28.2 Å². The highest BCUT2D eigenvalue weighted by Gasteiger charge is 2.26. The van der Waals surface area contributed by atoms with Crippen LogP contribution in [0.5, 0.6) is 0 Å². The van der Waals surface area contributed by atoms with Gasteiger partial charge >= 0.3 is 5.69 Å². The standard InChI is InChI=1S/C12H16FN3O2/c1-15(10-5-3-2-4-6-10)12-11(16(17)18)7-9(13)8-14-12/h7-8,10H,2-6H2,1H3. The Kier molecular flexibility index (Phi) is 3.74. The second-order valence-electron chi connectivity index (χ2n) is 4.66. The van der Waals surface area contributed by atoms with E-state index in [1.807, 2.05) is 4.90 Å². The number of hydrogen-bond donors (Lipinski definition) is 0. The van der Waals surface area contributed by atoms with Gasteiger partial charge in [0.15, 0.2) is 0 Å². The van der Waals surface area contributed by atoms with E-state index in [-0.39, 0.29) is 17.5 Å². The highest BCUT2D eigenvalue weighted by Crippen LogP contribution is 2.30. The molecule has 1 saturated carbocycles. The van der Waals surface area contributed by atoms with Crippen LogP contribution in [0.15, 0.2) is 12.3 Å². The molecule has 0 spiro atoms. The van der Waals surface area contributed by atoms with Gasteiger partial charge in [0.2, 0.25) is 5.82 Å². The van der Waals surface area contributed by atoms with Crippen molar-refractivity contribution in [3.8, 4) is 0 Å². The number of halogens is 1. The molecule has 0 amide bonds. The van der Waals surface area contributed by atoms with Crippen LogP contribution in [0.1, 0.15) is 32.1 Å². The molecule has 0 aromatic carbocycles. The molecular formula is C12H16FN3O2. The third-order valence-electron chi connectivity index (χ3n) is 3.47. The highest BCUT2D eigenvalue weighted by molar-refractivity contribution is 5.57. The van der Waals surface area contributed by atoms with Gasteiger partial charge in [0, 0.05) is 13.1 Å². The number of nitro groups is 1. The Balaban J connectivity index is 2.28. The minimum atomic E-state index is -0.678. The lowest BCUT2D eigenvalue weighted by molar-refractivity contribution is -0.384. The highest BCUT2D eigenvalue weighted by atomic mass is 19.1. The summed E-state index contributed by atoms with van der Waals surface area (Å²) < 4.78 is 13.0. The first kappa shape index (κ1) is 12.7. The second-order valence-corrected chi connectivity index (χ2v) is 4.66. The molecule has 1 heterocycles. The SMILES string of the molecule is CN(c1ncc(F)cc1[N+](=O)[O-])C1CCCCC1. The van der Waals surface area contributed by atoms with E-state index < -0.39 is 10.7 Å². The molecule has 6 heteroatoms. The molecule has 18 heavy (non-hydrogen) atoms. The molecule has 0 unspecified atom stereocenters. The number of pyridine rings is 1. The van der Waals surface area contributed by atoms with E-state index in [1.54, 1.807) is 7.05 Å². The molecule has 0 saturated heterocycles. The maximum Gasteiger partial charge on any atom is 0.314 e. The molecule has 1 aliphatic rings. The summed E-state index contributed by atoms with van der Waals surface area (Å²) in [5.41, 5.74) is -0.261.